The number of pyridine rings is 1. The van der Waals surface area contributed by atoms with Crippen LogP contribution in [0.1, 0.15) is 31.4 Å². The zero-order valence-electron chi connectivity index (χ0n) is 13.4. The number of aromatic nitrogens is 3. The molecule has 23 heavy (non-hydrogen) atoms. The highest BCUT2D eigenvalue weighted by molar-refractivity contribution is 5.77. The minimum atomic E-state index is -0.0862. The predicted molar refractivity (Wildman–Crippen MR) is 86.9 cm³/mol. The predicted octanol–water partition coefficient (Wildman–Crippen LogP) is 1.98. The summed E-state index contributed by atoms with van der Waals surface area (Å²) in [7, 11) is 0. The van der Waals surface area contributed by atoms with Crippen LogP contribution in [0, 0.1) is 0 Å². The molecule has 0 aliphatic heterocycles. The molecule has 3 rings (SSSR count). The van der Waals surface area contributed by atoms with Crippen LogP contribution in [0.25, 0.3) is 11.4 Å². The third kappa shape index (κ3) is 4.16. The number of carbonyl (C=O) groups is 1. The molecule has 2 aromatic heterocycles. The molecule has 6 nitrogen and oxygen atoms in total. The van der Waals surface area contributed by atoms with E-state index in [9.17, 15) is 4.79 Å². The molecule has 0 radical (unpaired) electrons. The van der Waals surface area contributed by atoms with E-state index >= 15 is 0 Å². The van der Waals surface area contributed by atoms with Crippen molar-refractivity contribution in [1.29, 1.82) is 0 Å². The van der Waals surface area contributed by atoms with Crippen molar-refractivity contribution >= 4 is 5.91 Å². The lowest BCUT2D eigenvalue weighted by Crippen LogP contribution is -2.31. The quantitative estimate of drug-likeness (QED) is 0.809. The second-order valence-electron chi connectivity index (χ2n) is 5.65. The third-order valence-electron chi connectivity index (χ3n) is 3.82. The lowest BCUT2D eigenvalue weighted by atomic mass is 10.2. The maximum Gasteiger partial charge on any atom is 0.246 e. The van der Waals surface area contributed by atoms with Gasteiger partial charge in [0.1, 0.15) is 12.3 Å². The average Bonchev–Trinajstić information content (AvgIpc) is 3.34. The lowest BCUT2D eigenvalue weighted by Gasteiger charge is -2.08. The summed E-state index contributed by atoms with van der Waals surface area (Å²) in [5.74, 6) is 0.510. The first kappa shape index (κ1) is 15.7. The number of nitrogens with one attached hydrogen (secondary N) is 1. The number of ether oxygens (including phenoxy) is 1. The summed E-state index contributed by atoms with van der Waals surface area (Å²) in [4.78, 5) is 15.9. The van der Waals surface area contributed by atoms with Crippen molar-refractivity contribution in [2.24, 2.45) is 0 Å². The van der Waals surface area contributed by atoms with E-state index in [0.717, 1.165) is 11.4 Å². The highest BCUT2D eigenvalue weighted by Crippen LogP contribution is 2.41. The van der Waals surface area contributed by atoms with Crippen LogP contribution < -0.4 is 5.32 Å². The summed E-state index contributed by atoms with van der Waals surface area (Å²) in [5, 5.41) is 7.53. The van der Waals surface area contributed by atoms with Crippen LogP contribution in [-0.4, -0.2) is 40.4 Å². The van der Waals surface area contributed by atoms with Crippen LogP contribution in [0.4, 0.5) is 0 Å². The third-order valence-corrected chi connectivity index (χ3v) is 3.82. The molecule has 1 fully saturated rings. The molecule has 2 aromatic rings. The fourth-order valence-electron chi connectivity index (χ4n) is 2.50. The fraction of sp³-hybridized carbons (Fsp3) is 0.471. The van der Waals surface area contributed by atoms with Gasteiger partial charge in [-0.15, -0.1) is 0 Å². The van der Waals surface area contributed by atoms with Crippen molar-refractivity contribution in [1.82, 2.24) is 20.1 Å². The monoisotopic (exact) mass is 314 g/mol. The topological polar surface area (TPSA) is 69.0 Å². The molecule has 2 heterocycles. The van der Waals surface area contributed by atoms with Crippen LogP contribution in [-0.2, 0) is 16.1 Å². The molecule has 0 spiro atoms. The van der Waals surface area contributed by atoms with E-state index in [2.05, 4.69) is 21.5 Å². The Morgan fingerprint density at radius 2 is 2.26 bits per heavy atom. The summed E-state index contributed by atoms with van der Waals surface area (Å²) in [5.41, 5.74) is 3.02. The van der Waals surface area contributed by atoms with Crippen molar-refractivity contribution in [3.63, 3.8) is 0 Å². The molecule has 0 aromatic carbocycles. The molecule has 0 bridgehead atoms. The molecule has 1 amide bonds. The van der Waals surface area contributed by atoms with Gasteiger partial charge in [0.2, 0.25) is 5.91 Å². The number of hydrogen-bond acceptors (Lipinski definition) is 4. The Morgan fingerprint density at radius 3 is 2.96 bits per heavy atom. The number of carbonyl (C=O) groups excluding carboxylic acids is 1. The molecule has 1 saturated carbocycles. The zero-order valence-corrected chi connectivity index (χ0v) is 13.4. The van der Waals surface area contributed by atoms with Crippen LogP contribution in [0.5, 0.6) is 0 Å². The van der Waals surface area contributed by atoms with Gasteiger partial charge in [-0.05, 0) is 38.0 Å². The van der Waals surface area contributed by atoms with E-state index in [-0.39, 0.29) is 12.5 Å². The van der Waals surface area contributed by atoms with Crippen LogP contribution in [0.3, 0.4) is 0 Å². The average molecular weight is 314 g/mol. The maximum atomic E-state index is 11.6. The Labute approximate surface area is 135 Å². The van der Waals surface area contributed by atoms with Gasteiger partial charge < -0.3 is 10.1 Å². The second-order valence-corrected chi connectivity index (χ2v) is 5.65. The SMILES string of the molecule is CCOCC(=O)NCCn1nc(-c2ccccn2)cc1C1CC1. The van der Waals surface area contributed by atoms with Crippen molar-refractivity contribution in [2.45, 2.75) is 32.2 Å². The number of rotatable bonds is 8. The van der Waals surface area contributed by atoms with Gasteiger partial charge in [0, 0.05) is 31.0 Å². The smallest absolute Gasteiger partial charge is 0.246 e. The summed E-state index contributed by atoms with van der Waals surface area (Å²) in [6.45, 7) is 3.75. The Balaban J connectivity index is 1.64. The fourth-order valence-corrected chi connectivity index (χ4v) is 2.50. The first-order valence-electron chi connectivity index (χ1n) is 8.11. The van der Waals surface area contributed by atoms with Gasteiger partial charge in [0.15, 0.2) is 0 Å². The molecule has 1 aliphatic rings. The summed E-state index contributed by atoms with van der Waals surface area (Å²) >= 11 is 0. The van der Waals surface area contributed by atoms with Crippen molar-refractivity contribution in [3.05, 3.63) is 36.2 Å². The Bertz CT molecular complexity index is 650. The van der Waals surface area contributed by atoms with E-state index in [1.54, 1.807) is 6.20 Å². The van der Waals surface area contributed by atoms with Gasteiger partial charge in [0.25, 0.3) is 0 Å². The van der Waals surface area contributed by atoms with Gasteiger partial charge >= 0.3 is 0 Å². The molecular weight excluding hydrogens is 292 g/mol. The molecule has 0 atom stereocenters. The van der Waals surface area contributed by atoms with Gasteiger partial charge in [-0.25, -0.2) is 0 Å². The van der Waals surface area contributed by atoms with E-state index in [4.69, 9.17) is 4.74 Å². The number of amides is 1. The second kappa shape index (κ2) is 7.37. The first-order chi connectivity index (χ1) is 11.3. The molecule has 6 heteroatoms. The van der Waals surface area contributed by atoms with E-state index in [1.807, 2.05) is 29.8 Å². The highest BCUT2D eigenvalue weighted by atomic mass is 16.5. The Morgan fingerprint density at radius 1 is 1.39 bits per heavy atom. The van der Waals surface area contributed by atoms with Crippen LogP contribution in [0.2, 0.25) is 0 Å². The molecule has 122 valence electrons. The molecule has 0 saturated heterocycles. The van der Waals surface area contributed by atoms with E-state index in [1.165, 1.54) is 18.5 Å². The number of hydrogen-bond donors (Lipinski definition) is 1. The van der Waals surface area contributed by atoms with Gasteiger partial charge in [-0.2, -0.15) is 5.10 Å². The zero-order chi connectivity index (χ0) is 16.1. The standard InChI is InChI=1S/C17H22N4O2/c1-2-23-12-17(22)19-9-10-21-16(13-6-7-13)11-15(20-21)14-5-3-4-8-18-14/h3-5,8,11,13H,2,6-7,9-10,12H2,1H3,(H,19,22). The molecule has 1 aliphatic carbocycles. The Kier molecular flexibility index (Phi) is 5.02. The normalized spacial score (nSPS) is 14.0. The minimum Gasteiger partial charge on any atom is -0.372 e. The Hall–Kier alpha value is -2.21. The van der Waals surface area contributed by atoms with Gasteiger partial charge in [-0.3, -0.25) is 14.5 Å². The van der Waals surface area contributed by atoms with Crippen LogP contribution in [0.15, 0.2) is 30.5 Å². The minimum absolute atomic E-state index is 0.0862. The highest BCUT2D eigenvalue weighted by Gasteiger charge is 2.28. The molecule has 1 N–H and O–H groups in total. The van der Waals surface area contributed by atoms with Gasteiger partial charge in [0.05, 0.1) is 12.2 Å². The largest absolute Gasteiger partial charge is 0.372 e. The molecule has 0 unspecified atom stereocenters. The summed E-state index contributed by atoms with van der Waals surface area (Å²) in [6, 6.07) is 7.96. The van der Waals surface area contributed by atoms with Gasteiger partial charge in [-0.1, -0.05) is 6.07 Å². The van der Waals surface area contributed by atoms with Crippen molar-refractivity contribution < 1.29 is 9.53 Å². The first-order valence-corrected chi connectivity index (χ1v) is 8.11. The summed E-state index contributed by atoms with van der Waals surface area (Å²) < 4.78 is 7.09. The van der Waals surface area contributed by atoms with Crippen LogP contribution >= 0.6 is 0 Å². The van der Waals surface area contributed by atoms with Crippen molar-refractivity contribution in [3.8, 4) is 11.4 Å². The van der Waals surface area contributed by atoms with E-state index in [0.29, 0.717) is 25.6 Å². The molecular formula is C17H22N4O2. The maximum absolute atomic E-state index is 11.6. The lowest BCUT2D eigenvalue weighted by molar-refractivity contribution is -0.125. The summed E-state index contributed by atoms with van der Waals surface area (Å²) in [6.07, 6.45) is 4.20. The number of nitrogens with zero attached hydrogens (tertiary/aromatic N) is 3. The van der Waals surface area contributed by atoms with E-state index < -0.39 is 0 Å². The van der Waals surface area contributed by atoms with Crippen molar-refractivity contribution in [2.75, 3.05) is 19.8 Å².